The molecular weight excluding hydrogens is 320 g/mol. The summed E-state index contributed by atoms with van der Waals surface area (Å²) in [5.74, 6) is 0.936. The fraction of sp³-hybridized carbons (Fsp3) is 0.348. The lowest BCUT2D eigenvalue weighted by atomic mass is 10.00. The van der Waals surface area contributed by atoms with E-state index in [4.69, 9.17) is 4.74 Å². The van der Waals surface area contributed by atoms with Crippen LogP contribution in [0.15, 0.2) is 55.1 Å². The van der Waals surface area contributed by atoms with Crippen LogP contribution in [0.3, 0.4) is 0 Å². The lowest BCUT2D eigenvalue weighted by Gasteiger charge is -2.09. The highest BCUT2D eigenvalue weighted by atomic mass is 16.5. The number of unbranched alkanes of at least 4 members (excludes halogenated alkanes) is 1. The highest BCUT2D eigenvalue weighted by Gasteiger charge is 2.14. The van der Waals surface area contributed by atoms with E-state index in [1.54, 1.807) is 0 Å². The van der Waals surface area contributed by atoms with Gasteiger partial charge in [0.1, 0.15) is 18.9 Å². The normalized spacial score (nSPS) is 10.9. The standard InChI is InChI=1S/C23H29N2O/c1-5-6-13-26-23-10-8-7-9-22(23)25-12-11-24(17-25)16-21-19(3)14-18(2)15-20(21)4/h7-12,14-15,17H,5-6,13,16H2,1-4H3/q+1. The number of benzene rings is 2. The van der Waals surface area contributed by atoms with E-state index in [1.165, 1.54) is 22.3 Å². The van der Waals surface area contributed by atoms with E-state index in [0.29, 0.717) is 0 Å². The van der Waals surface area contributed by atoms with Gasteiger partial charge in [0.25, 0.3) is 0 Å². The zero-order valence-electron chi connectivity index (χ0n) is 16.3. The second-order valence-corrected chi connectivity index (χ2v) is 7.04. The van der Waals surface area contributed by atoms with Crippen LogP contribution in [-0.2, 0) is 6.54 Å². The van der Waals surface area contributed by atoms with Crippen molar-refractivity contribution in [1.82, 2.24) is 4.57 Å². The number of hydrogen-bond donors (Lipinski definition) is 0. The van der Waals surface area contributed by atoms with E-state index in [1.807, 2.05) is 12.1 Å². The van der Waals surface area contributed by atoms with Crippen LogP contribution in [-0.4, -0.2) is 11.2 Å². The second kappa shape index (κ2) is 8.22. The maximum absolute atomic E-state index is 5.98. The molecule has 0 aliphatic heterocycles. The van der Waals surface area contributed by atoms with Gasteiger partial charge >= 0.3 is 0 Å². The molecule has 0 aliphatic rings. The van der Waals surface area contributed by atoms with Gasteiger partial charge in [0.2, 0.25) is 6.33 Å². The fourth-order valence-electron chi connectivity index (χ4n) is 3.39. The third kappa shape index (κ3) is 4.16. The largest absolute Gasteiger partial charge is 0.489 e. The first-order valence-electron chi connectivity index (χ1n) is 9.44. The highest BCUT2D eigenvalue weighted by molar-refractivity contribution is 5.46. The first kappa shape index (κ1) is 18.2. The van der Waals surface area contributed by atoms with Gasteiger partial charge in [-0.1, -0.05) is 43.2 Å². The summed E-state index contributed by atoms with van der Waals surface area (Å²) in [6.45, 7) is 10.4. The van der Waals surface area contributed by atoms with E-state index in [-0.39, 0.29) is 0 Å². The van der Waals surface area contributed by atoms with Gasteiger partial charge < -0.3 is 4.74 Å². The molecule has 0 unspecified atom stereocenters. The van der Waals surface area contributed by atoms with Gasteiger partial charge in [-0.15, -0.1) is 0 Å². The smallest absolute Gasteiger partial charge is 0.249 e. The Kier molecular flexibility index (Phi) is 5.77. The molecule has 0 spiro atoms. The van der Waals surface area contributed by atoms with Crippen molar-refractivity contribution in [3.05, 3.63) is 77.4 Å². The van der Waals surface area contributed by atoms with Gasteiger partial charge in [-0.25, -0.2) is 4.57 Å². The quantitative estimate of drug-likeness (QED) is 0.437. The Morgan fingerprint density at radius 2 is 1.77 bits per heavy atom. The first-order chi connectivity index (χ1) is 12.6. The Balaban J connectivity index is 1.83. The minimum Gasteiger partial charge on any atom is -0.489 e. The van der Waals surface area contributed by atoms with Crippen molar-refractivity contribution < 1.29 is 9.30 Å². The van der Waals surface area contributed by atoms with Gasteiger partial charge in [-0.3, -0.25) is 0 Å². The minimum absolute atomic E-state index is 0.760. The summed E-state index contributed by atoms with van der Waals surface area (Å²) in [7, 11) is 0. The molecule has 0 atom stereocenters. The second-order valence-electron chi connectivity index (χ2n) is 7.04. The van der Waals surface area contributed by atoms with Crippen LogP contribution in [0.25, 0.3) is 5.69 Å². The third-order valence-electron chi connectivity index (χ3n) is 4.77. The summed E-state index contributed by atoms with van der Waals surface area (Å²) < 4.78 is 10.3. The Hall–Kier alpha value is -2.55. The van der Waals surface area contributed by atoms with E-state index >= 15 is 0 Å². The van der Waals surface area contributed by atoms with Gasteiger partial charge in [0.15, 0.2) is 11.4 Å². The maximum atomic E-state index is 5.98. The Bertz CT molecular complexity index is 856. The zero-order chi connectivity index (χ0) is 18.5. The summed E-state index contributed by atoms with van der Waals surface area (Å²) in [5.41, 5.74) is 6.51. The van der Waals surface area contributed by atoms with Crippen LogP contribution in [0.2, 0.25) is 0 Å². The van der Waals surface area contributed by atoms with Crippen LogP contribution in [0, 0.1) is 20.8 Å². The number of rotatable bonds is 7. The van der Waals surface area contributed by atoms with Crippen LogP contribution >= 0.6 is 0 Å². The summed E-state index contributed by atoms with van der Waals surface area (Å²) in [4.78, 5) is 0. The number of aromatic nitrogens is 2. The summed E-state index contributed by atoms with van der Waals surface area (Å²) in [6, 6.07) is 12.8. The molecule has 2 aromatic carbocycles. The number of nitrogens with zero attached hydrogens (tertiary/aromatic N) is 2. The average molecular weight is 349 g/mol. The van der Waals surface area contributed by atoms with Crippen molar-refractivity contribution in [3.8, 4) is 11.4 Å². The van der Waals surface area contributed by atoms with Crippen LogP contribution < -0.4 is 9.30 Å². The van der Waals surface area contributed by atoms with Gasteiger partial charge in [0, 0.05) is 0 Å². The van der Waals surface area contributed by atoms with E-state index in [2.05, 4.69) is 79.8 Å². The summed E-state index contributed by atoms with van der Waals surface area (Å²) in [5, 5.41) is 0. The van der Waals surface area contributed by atoms with E-state index < -0.39 is 0 Å². The summed E-state index contributed by atoms with van der Waals surface area (Å²) >= 11 is 0. The number of para-hydroxylation sites is 2. The molecule has 0 saturated carbocycles. The van der Waals surface area contributed by atoms with Crippen LogP contribution in [0.5, 0.6) is 5.75 Å². The molecular formula is C23H29N2O+. The van der Waals surface area contributed by atoms with Crippen molar-refractivity contribution >= 4 is 0 Å². The zero-order valence-corrected chi connectivity index (χ0v) is 16.3. The minimum atomic E-state index is 0.760. The topological polar surface area (TPSA) is 18.0 Å². The Labute approximate surface area is 156 Å². The SMILES string of the molecule is CCCCOc1ccccc1-n1cc[n+](Cc2c(C)cc(C)cc2C)c1. The predicted octanol–water partition coefficient (Wildman–Crippen LogP) is 4.92. The number of hydrogen-bond acceptors (Lipinski definition) is 1. The van der Waals surface area contributed by atoms with E-state index in [0.717, 1.165) is 37.4 Å². The molecule has 3 rings (SSSR count). The molecule has 3 aromatic rings. The lowest BCUT2D eigenvalue weighted by Crippen LogP contribution is -2.32. The van der Waals surface area contributed by atoms with Gasteiger partial charge in [-0.2, -0.15) is 4.57 Å². The molecule has 3 heteroatoms. The molecule has 0 saturated heterocycles. The van der Waals surface area contributed by atoms with Gasteiger partial charge in [0.05, 0.1) is 6.61 Å². The molecule has 0 bridgehead atoms. The molecule has 3 nitrogen and oxygen atoms in total. The van der Waals surface area contributed by atoms with Crippen molar-refractivity contribution in [2.24, 2.45) is 0 Å². The lowest BCUT2D eigenvalue weighted by molar-refractivity contribution is -0.687. The van der Waals surface area contributed by atoms with Crippen LogP contribution in [0.4, 0.5) is 0 Å². The highest BCUT2D eigenvalue weighted by Crippen LogP contribution is 2.22. The average Bonchev–Trinajstić information content (AvgIpc) is 3.07. The molecule has 0 amide bonds. The Morgan fingerprint density at radius 3 is 2.50 bits per heavy atom. The monoisotopic (exact) mass is 349 g/mol. The van der Waals surface area contributed by atoms with Crippen molar-refractivity contribution in [3.63, 3.8) is 0 Å². The molecule has 0 radical (unpaired) electrons. The van der Waals surface area contributed by atoms with Gasteiger partial charge in [-0.05, 0) is 56.0 Å². The number of ether oxygens (including phenoxy) is 1. The molecule has 1 heterocycles. The molecule has 1 aromatic heterocycles. The molecule has 0 fully saturated rings. The van der Waals surface area contributed by atoms with Crippen LogP contribution in [0.1, 0.15) is 42.0 Å². The Morgan fingerprint density at radius 1 is 1.04 bits per heavy atom. The number of aryl methyl sites for hydroxylation is 3. The third-order valence-corrected chi connectivity index (χ3v) is 4.77. The van der Waals surface area contributed by atoms with Crippen molar-refractivity contribution in [2.45, 2.75) is 47.1 Å². The van der Waals surface area contributed by atoms with E-state index in [9.17, 15) is 0 Å². The summed E-state index contributed by atoms with van der Waals surface area (Å²) in [6.07, 6.45) is 8.58. The molecule has 136 valence electrons. The van der Waals surface area contributed by atoms with Crippen molar-refractivity contribution in [2.75, 3.05) is 6.61 Å². The molecule has 0 N–H and O–H groups in total. The maximum Gasteiger partial charge on any atom is 0.249 e. The molecule has 0 aliphatic carbocycles. The fourth-order valence-corrected chi connectivity index (χ4v) is 3.39. The molecule has 26 heavy (non-hydrogen) atoms. The van der Waals surface area contributed by atoms with Crippen molar-refractivity contribution in [1.29, 1.82) is 0 Å². The number of imidazole rings is 1. The predicted molar refractivity (Wildman–Crippen MR) is 106 cm³/mol. The first-order valence-corrected chi connectivity index (χ1v) is 9.44.